The summed E-state index contributed by atoms with van der Waals surface area (Å²) in [7, 11) is 0. The first-order valence-corrected chi connectivity index (χ1v) is 7.13. The molecule has 1 amide bonds. The van der Waals surface area contributed by atoms with Crippen LogP contribution < -0.4 is 10.5 Å². The maximum Gasteiger partial charge on any atom is 0.260 e. The number of aryl methyl sites for hydroxylation is 2. The molecular weight excluding hydrogens is 272 g/mol. The summed E-state index contributed by atoms with van der Waals surface area (Å²) < 4.78 is 5.67. The van der Waals surface area contributed by atoms with Crippen LogP contribution in [-0.4, -0.2) is 35.5 Å². The van der Waals surface area contributed by atoms with Gasteiger partial charge in [-0.15, -0.1) is 0 Å². The summed E-state index contributed by atoms with van der Waals surface area (Å²) in [6, 6.07) is 3.76. The van der Waals surface area contributed by atoms with Crippen molar-refractivity contribution in [3.8, 4) is 5.75 Å². The zero-order valence-electron chi connectivity index (χ0n) is 12.5. The van der Waals surface area contributed by atoms with E-state index in [4.69, 9.17) is 22.7 Å². The maximum atomic E-state index is 11.9. The number of ether oxygens (including phenoxy) is 1. The van der Waals surface area contributed by atoms with Crippen LogP contribution in [0.2, 0.25) is 0 Å². The van der Waals surface area contributed by atoms with Gasteiger partial charge in [0.25, 0.3) is 5.91 Å². The zero-order chi connectivity index (χ0) is 15.3. The third-order valence-corrected chi connectivity index (χ3v) is 3.44. The quantitative estimate of drug-likeness (QED) is 0.817. The van der Waals surface area contributed by atoms with Crippen LogP contribution in [-0.2, 0) is 4.79 Å². The molecule has 5 heteroatoms. The fourth-order valence-corrected chi connectivity index (χ4v) is 2.24. The average Bonchev–Trinajstić information content (AvgIpc) is 2.38. The van der Waals surface area contributed by atoms with Gasteiger partial charge in [0.2, 0.25) is 0 Å². The van der Waals surface area contributed by atoms with E-state index in [2.05, 4.69) is 0 Å². The first-order valence-electron chi connectivity index (χ1n) is 6.72. The molecule has 0 unspecified atom stereocenters. The van der Waals surface area contributed by atoms with Crippen LogP contribution in [0.3, 0.4) is 0 Å². The number of thiocarbonyl (C=S) groups is 1. The normalized spacial score (nSPS) is 10.2. The molecule has 0 aliphatic heterocycles. The Morgan fingerprint density at radius 1 is 1.25 bits per heavy atom. The van der Waals surface area contributed by atoms with Gasteiger partial charge in [-0.2, -0.15) is 0 Å². The fraction of sp³-hybridized carbons (Fsp3) is 0.467. The molecule has 1 rings (SSSR count). The summed E-state index contributed by atoms with van der Waals surface area (Å²) in [5, 5.41) is 0. The molecule has 110 valence electrons. The number of carbonyl (C=O) groups is 1. The number of nitrogens with two attached hydrogens (primary N) is 1. The van der Waals surface area contributed by atoms with Crippen molar-refractivity contribution in [2.24, 2.45) is 5.73 Å². The number of benzene rings is 1. The standard InChI is InChI=1S/C15H22N2O2S/c1-5-17(6-2)13(18)9-19-14-10(3)7-12(15(16)20)8-11(14)4/h7-8H,5-6,9H2,1-4H3,(H2,16,20). The second-order valence-corrected chi connectivity index (χ2v) is 5.10. The summed E-state index contributed by atoms with van der Waals surface area (Å²) in [5.74, 6) is 0.720. The average molecular weight is 294 g/mol. The lowest BCUT2D eigenvalue weighted by molar-refractivity contribution is -0.132. The highest BCUT2D eigenvalue weighted by molar-refractivity contribution is 7.80. The van der Waals surface area contributed by atoms with Gasteiger partial charge >= 0.3 is 0 Å². The molecule has 0 radical (unpaired) electrons. The van der Waals surface area contributed by atoms with E-state index in [9.17, 15) is 4.79 Å². The van der Waals surface area contributed by atoms with Crippen LogP contribution in [0, 0.1) is 13.8 Å². The van der Waals surface area contributed by atoms with Gasteiger partial charge in [0, 0.05) is 18.7 Å². The van der Waals surface area contributed by atoms with Crippen molar-refractivity contribution in [2.45, 2.75) is 27.7 Å². The molecule has 0 aliphatic rings. The van der Waals surface area contributed by atoms with Gasteiger partial charge < -0.3 is 15.4 Å². The summed E-state index contributed by atoms with van der Waals surface area (Å²) in [6.07, 6.45) is 0. The molecular formula is C15H22N2O2S. The van der Waals surface area contributed by atoms with E-state index in [0.717, 1.165) is 22.4 Å². The topological polar surface area (TPSA) is 55.6 Å². The van der Waals surface area contributed by atoms with Crippen LogP contribution in [0.5, 0.6) is 5.75 Å². The molecule has 2 N–H and O–H groups in total. The van der Waals surface area contributed by atoms with E-state index in [-0.39, 0.29) is 12.5 Å². The zero-order valence-corrected chi connectivity index (χ0v) is 13.3. The lowest BCUT2D eigenvalue weighted by Gasteiger charge is -2.20. The van der Waals surface area contributed by atoms with Gasteiger partial charge in [-0.1, -0.05) is 12.2 Å². The van der Waals surface area contributed by atoms with Crippen LogP contribution >= 0.6 is 12.2 Å². The van der Waals surface area contributed by atoms with Gasteiger partial charge in [-0.3, -0.25) is 4.79 Å². The lowest BCUT2D eigenvalue weighted by Crippen LogP contribution is -2.34. The molecule has 0 spiro atoms. The Bertz CT molecular complexity index is 488. The Balaban J connectivity index is 2.84. The largest absolute Gasteiger partial charge is 0.483 e. The summed E-state index contributed by atoms with van der Waals surface area (Å²) >= 11 is 4.97. The third kappa shape index (κ3) is 3.93. The van der Waals surface area contributed by atoms with Crippen LogP contribution in [0.1, 0.15) is 30.5 Å². The van der Waals surface area contributed by atoms with Crippen molar-refractivity contribution >= 4 is 23.1 Å². The molecule has 4 nitrogen and oxygen atoms in total. The van der Waals surface area contributed by atoms with Crippen molar-refractivity contribution in [1.29, 1.82) is 0 Å². The fourth-order valence-electron chi connectivity index (χ4n) is 2.12. The number of likely N-dealkylation sites (N-methyl/N-ethyl adjacent to an activating group) is 1. The molecule has 20 heavy (non-hydrogen) atoms. The number of rotatable bonds is 6. The second-order valence-electron chi connectivity index (χ2n) is 4.66. The first-order chi connectivity index (χ1) is 9.40. The summed E-state index contributed by atoms with van der Waals surface area (Å²) in [5.41, 5.74) is 8.31. The minimum absolute atomic E-state index is 0.00720. The van der Waals surface area contributed by atoms with Gasteiger partial charge in [0.1, 0.15) is 10.7 Å². The Hall–Kier alpha value is -1.62. The van der Waals surface area contributed by atoms with Gasteiger partial charge in [-0.05, 0) is 51.0 Å². The SMILES string of the molecule is CCN(CC)C(=O)COc1c(C)cc(C(N)=S)cc1C. The number of hydrogen-bond acceptors (Lipinski definition) is 3. The number of carbonyl (C=O) groups excluding carboxylic acids is 1. The summed E-state index contributed by atoms with van der Waals surface area (Å²) in [6.45, 7) is 9.19. The molecule has 0 aliphatic carbocycles. The maximum absolute atomic E-state index is 11.9. The van der Waals surface area contributed by atoms with Crippen LogP contribution in [0.15, 0.2) is 12.1 Å². The van der Waals surface area contributed by atoms with E-state index in [1.165, 1.54) is 0 Å². The van der Waals surface area contributed by atoms with Gasteiger partial charge in [0.15, 0.2) is 6.61 Å². The van der Waals surface area contributed by atoms with Crippen molar-refractivity contribution in [3.63, 3.8) is 0 Å². The molecule has 0 saturated heterocycles. The van der Waals surface area contributed by atoms with Gasteiger partial charge in [-0.25, -0.2) is 0 Å². The molecule has 1 aromatic rings. The monoisotopic (exact) mass is 294 g/mol. The highest BCUT2D eigenvalue weighted by atomic mass is 32.1. The molecule has 0 fully saturated rings. The van der Waals surface area contributed by atoms with E-state index in [1.807, 2.05) is 39.8 Å². The molecule has 0 heterocycles. The smallest absolute Gasteiger partial charge is 0.260 e. The first kappa shape index (κ1) is 16.4. The number of amides is 1. The predicted molar refractivity (Wildman–Crippen MR) is 85.2 cm³/mol. The Morgan fingerprint density at radius 2 is 1.75 bits per heavy atom. The Kier molecular flexibility index (Phi) is 5.95. The second kappa shape index (κ2) is 7.24. The predicted octanol–water partition coefficient (Wildman–Crippen LogP) is 2.18. The Labute approximate surface area is 125 Å². The van der Waals surface area contributed by atoms with E-state index in [1.54, 1.807) is 4.90 Å². The molecule has 1 aromatic carbocycles. The molecule has 0 atom stereocenters. The van der Waals surface area contributed by atoms with Gasteiger partial charge in [0.05, 0.1) is 0 Å². The van der Waals surface area contributed by atoms with Crippen molar-refractivity contribution in [3.05, 3.63) is 28.8 Å². The van der Waals surface area contributed by atoms with E-state index >= 15 is 0 Å². The highest BCUT2D eigenvalue weighted by Gasteiger charge is 2.13. The number of hydrogen-bond donors (Lipinski definition) is 1. The molecule has 0 bridgehead atoms. The molecule has 0 saturated carbocycles. The van der Waals surface area contributed by atoms with Crippen molar-refractivity contribution in [1.82, 2.24) is 4.90 Å². The van der Waals surface area contributed by atoms with Crippen LogP contribution in [0.25, 0.3) is 0 Å². The Morgan fingerprint density at radius 3 is 2.15 bits per heavy atom. The summed E-state index contributed by atoms with van der Waals surface area (Å²) in [4.78, 5) is 14.0. The van der Waals surface area contributed by atoms with Crippen molar-refractivity contribution in [2.75, 3.05) is 19.7 Å². The number of nitrogens with zero attached hydrogens (tertiary/aromatic N) is 1. The minimum Gasteiger partial charge on any atom is -0.483 e. The lowest BCUT2D eigenvalue weighted by atomic mass is 10.1. The van der Waals surface area contributed by atoms with Crippen LogP contribution in [0.4, 0.5) is 0 Å². The molecule has 0 aromatic heterocycles. The van der Waals surface area contributed by atoms with Crippen molar-refractivity contribution < 1.29 is 9.53 Å². The highest BCUT2D eigenvalue weighted by Crippen LogP contribution is 2.24. The minimum atomic E-state index is -0.00720. The van der Waals surface area contributed by atoms with E-state index < -0.39 is 0 Å². The third-order valence-electron chi connectivity index (χ3n) is 3.20. The van der Waals surface area contributed by atoms with E-state index in [0.29, 0.717) is 18.1 Å².